The SMILES string of the molecule is O=S(=O)(c1ccc(F)cc1)c1cnc2c(F)cccc2c1N1CCOCC1. The molecule has 1 fully saturated rings. The van der Waals surface area contributed by atoms with Crippen molar-refractivity contribution >= 4 is 26.4 Å². The summed E-state index contributed by atoms with van der Waals surface area (Å²) < 4.78 is 59.3. The zero-order valence-electron chi connectivity index (χ0n) is 14.2. The van der Waals surface area contributed by atoms with Crippen LogP contribution in [0, 0.1) is 11.6 Å². The molecule has 0 saturated carbocycles. The number of halogens is 2. The highest BCUT2D eigenvalue weighted by Gasteiger charge is 2.28. The summed E-state index contributed by atoms with van der Waals surface area (Å²) in [6.45, 7) is 1.83. The molecule has 3 aromatic rings. The van der Waals surface area contributed by atoms with Crippen LogP contribution < -0.4 is 4.90 Å². The number of hydrogen-bond acceptors (Lipinski definition) is 5. The molecule has 27 heavy (non-hydrogen) atoms. The Kier molecular flexibility index (Phi) is 4.53. The minimum Gasteiger partial charge on any atom is -0.378 e. The fraction of sp³-hybridized carbons (Fsp3) is 0.211. The van der Waals surface area contributed by atoms with E-state index in [0.717, 1.165) is 12.1 Å². The summed E-state index contributed by atoms with van der Waals surface area (Å²) in [4.78, 5) is 5.85. The third-order valence-electron chi connectivity index (χ3n) is 4.53. The van der Waals surface area contributed by atoms with Crippen LogP contribution in [0.2, 0.25) is 0 Å². The summed E-state index contributed by atoms with van der Waals surface area (Å²) in [5.41, 5.74) is 0.504. The molecular formula is C19H16F2N2O3S. The monoisotopic (exact) mass is 390 g/mol. The van der Waals surface area contributed by atoms with Gasteiger partial charge in [-0.05, 0) is 30.3 Å². The molecular weight excluding hydrogens is 374 g/mol. The Morgan fingerprint density at radius 3 is 2.41 bits per heavy atom. The summed E-state index contributed by atoms with van der Waals surface area (Å²) in [5.74, 6) is -1.05. The second kappa shape index (κ2) is 6.86. The fourth-order valence-electron chi connectivity index (χ4n) is 3.21. The fourth-order valence-corrected chi connectivity index (χ4v) is 4.64. The zero-order valence-corrected chi connectivity index (χ0v) is 15.0. The van der Waals surface area contributed by atoms with Gasteiger partial charge in [0.1, 0.15) is 22.0 Å². The predicted octanol–water partition coefficient (Wildman–Crippen LogP) is 3.18. The topological polar surface area (TPSA) is 59.5 Å². The molecule has 0 spiro atoms. The third-order valence-corrected chi connectivity index (χ3v) is 6.30. The minimum atomic E-state index is -3.97. The normalized spacial score (nSPS) is 15.3. The van der Waals surface area contributed by atoms with Crippen molar-refractivity contribution in [3.05, 3.63) is 60.3 Å². The molecule has 0 atom stereocenters. The second-order valence-corrected chi connectivity index (χ2v) is 8.08. The molecule has 140 valence electrons. The van der Waals surface area contributed by atoms with Crippen LogP contribution in [0.4, 0.5) is 14.5 Å². The highest BCUT2D eigenvalue weighted by atomic mass is 32.2. The lowest BCUT2D eigenvalue weighted by atomic mass is 10.1. The van der Waals surface area contributed by atoms with E-state index < -0.39 is 21.5 Å². The summed E-state index contributed by atoms with van der Waals surface area (Å²) in [6, 6.07) is 9.07. The van der Waals surface area contributed by atoms with Crippen LogP contribution in [0.5, 0.6) is 0 Å². The first-order valence-corrected chi connectivity index (χ1v) is 9.87. The van der Waals surface area contributed by atoms with E-state index in [1.807, 2.05) is 4.90 Å². The summed E-state index contributed by atoms with van der Waals surface area (Å²) in [7, 11) is -3.97. The number of ether oxygens (including phenoxy) is 1. The van der Waals surface area contributed by atoms with Gasteiger partial charge in [-0.1, -0.05) is 12.1 Å². The number of para-hydroxylation sites is 1. The van der Waals surface area contributed by atoms with Crippen molar-refractivity contribution in [1.82, 2.24) is 4.98 Å². The molecule has 0 bridgehead atoms. The van der Waals surface area contributed by atoms with Crippen molar-refractivity contribution in [2.75, 3.05) is 31.2 Å². The minimum absolute atomic E-state index is 0.0332. The summed E-state index contributed by atoms with van der Waals surface area (Å²) >= 11 is 0. The molecule has 1 saturated heterocycles. The van der Waals surface area contributed by atoms with Crippen LogP contribution >= 0.6 is 0 Å². The quantitative estimate of drug-likeness (QED) is 0.643. The van der Waals surface area contributed by atoms with Gasteiger partial charge in [0.05, 0.1) is 23.8 Å². The van der Waals surface area contributed by atoms with Crippen molar-refractivity contribution in [3.8, 4) is 0 Å². The second-order valence-electron chi connectivity index (χ2n) is 6.16. The molecule has 4 rings (SSSR count). The van der Waals surface area contributed by atoms with Crippen LogP contribution in [0.15, 0.2) is 58.5 Å². The largest absolute Gasteiger partial charge is 0.378 e. The average molecular weight is 390 g/mol. The Morgan fingerprint density at radius 1 is 1.00 bits per heavy atom. The van der Waals surface area contributed by atoms with Gasteiger partial charge >= 0.3 is 0 Å². The van der Waals surface area contributed by atoms with E-state index in [-0.39, 0.29) is 15.3 Å². The van der Waals surface area contributed by atoms with Gasteiger partial charge in [0.2, 0.25) is 9.84 Å². The molecule has 1 aliphatic heterocycles. The lowest BCUT2D eigenvalue weighted by Gasteiger charge is -2.31. The first-order chi connectivity index (χ1) is 13.0. The number of anilines is 1. The maximum atomic E-state index is 14.2. The number of benzene rings is 2. The molecule has 0 aliphatic carbocycles. The van der Waals surface area contributed by atoms with Crippen molar-refractivity contribution in [3.63, 3.8) is 0 Å². The van der Waals surface area contributed by atoms with Crippen LogP contribution in [-0.2, 0) is 14.6 Å². The lowest BCUT2D eigenvalue weighted by molar-refractivity contribution is 0.122. The van der Waals surface area contributed by atoms with Crippen molar-refractivity contribution in [2.24, 2.45) is 0 Å². The predicted molar refractivity (Wildman–Crippen MR) is 96.6 cm³/mol. The van der Waals surface area contributed by atoms with Gasteiger partial charge in [0.15, 0.2) is 0 Å². The zero-order chi connectivity index (χ0) is 19.0. The lowest BCUT2D eigenvalue weighted by Crippen LogP contribution is -2.37. The van der Waals surface area contributed by atoms with E-state index in [1.54, 1.807) is 6.07 Å². The van der Waals surface area contributed by atoms with Gasteiger partial charge < -0.3 is 9.64 Å². The molecule has 5 nitrogen and oxygen atoms in total. The van der Waals surface area contributed by atoms with Gasteiger partial charge in [0.25, 0.3) is 0 Å². The third kappa shape index (κ3) is 3.15. The van der Waals surface area contributed by atoms with Crippen LogP contribution in [-0.4, -0.2) is 39.7 Å². The molecule has 0 unspecified atom stereocenters. The van der Waals surface area contributed by atoms with E-state index in [1.165, 1.54) is 30.5 Å². The number of hydrogen-bond donors (Lipinski definition) is 0. The molecule has 2 heterocycles. The number of rotatable bonds is 3. The maximum absolute atomic E-state index is 14.2. The maximum Gasteiger partial charge on any atom is 0.210 e. The Bertz CT molecular complexity index is 1100. The van der Waals surface area contributed by atoms with E-state index in [0.29, 0.717) is 37.4 Å². The highest BCUT2D eigenvalue weighted by Crippen LogP contribution is 2.36. The van der Waals surface area contributed by atoms with Crippen molar-refractivity contribution < 1.29 is 21.9 Å². The number of nitrogens with zero attached hydrogens (tertiary/aromatic N) is 2. The van der Waals surface area contributed by atoms with E-state index in [2.05, 4.69) is 4.98 Å². The first kappa shape index (κ1) is 17.8. The summed E-state index contributed by atoms with van der Waals surface area (Å²) in [6.07, 6.45) is 1.18. The number of morpholine rings is 1. The smallest absolute Gasteiger partial charge is 0.210 e. The van der Waals surface area contributed by atoms with Gasteiger partial charge in [-0.25, -0.2) is 17.2 Å². The van der Waals surface area contributed by atoms with E-state index >= 15 is 0 Å². The van der Waals surface area contributed by atoms with Crippen LogP contribution in [0.25, 0.3) is 10.9 Å². The number of sulfone groups is 1. The number of fused-ring (bicyclic) bond motifs is 1. The Balaban J connectivity index is 1.98. The van der Waals surface area contributed by atoms with E-state index in [4.69, 9.17) is 4.74 Å². The average Bonchev–Trinajstić information content (AvgIpc) is 2.68. The first-order valence-electron chi connectivity index (χ1n) is 8.39. The van der Waals surface area contributed by atoms with Crippen LogP contribution in [0.3, 0.4) is 0 Å². The van der Waals surface area contributed by atoms with Crippen LogP contribution in [0.1, 0.15) is 0 Å². The van der Waals surface area contributed by atoms with Crippen molar-refractivity contribution in [1.29, 1.82) is 0 Å². The van der Waals surface area contributed by atoms with E-state index in [9.17, 15) is 17.2 Å². The molecule has 0 radical (unpaired) electrons. The van der Waals surface area contributed by atoms with Gasteiger partial charge in [0, 0.05) is 24.7 Å². The number of aromatic nitrogens is 1. The molecule has 0 N–H and O–H groups in total. The Labute approximate surface area is 155 Å². The Morgan fingerprint density at radius 2 is 1.70 bits per heavy atom. The van der Waals surface area contributed by atoms with Gasteiger partial charge in [-0.15, -0.1) is 0 Å². The Hall–Kier alpha value is -2.58. The van der Waals surface area contributed by atoms with Gasteiger partial charge in [-0.2, -0.15) is 0 Å². The molecule has 2 aromatic carbocycles. The highest BCUT2D eigenvalue weighted by molar-refractivity contribution is 7.91. The molecule has 0 amide bonds. The standard InChI is InChI=1S/C19H16F2N2O3S/c20-13-4-6-14(7-5-13)27(24,25)17-12-22-18-15(2-1-3-16(18)21)19(17)23-8-10-26-11-9-23/h1-7,12H,8-11H2. The van der Waals surface area contributed by atoms with Gasteiger partial charge in [-0.3, -0.25) is 4.98 Å². The molecule has 1 aromatic heterocycles. The molecule has 8 heteroatoms. The molecule has 1 aliphatic rings. The van der Waals surface area contributed by atoms with Crippen molar-refractivity contribution in [2.45, 2.75) is 9.79 Å². The summed E-state index contributed by atoms with van der Waals surface area (Å²) in [5, 5.41) is 0.417. The number of pyridine rings is 1.